The van der Waals surface area contributed by atoms with Crippen LogP contribution in [-0.2, 0) is 0 Å². The first-order valence-corrected chi connectivity index (χ1v) is 7.94. The van der Waals surface area contributed by atoms with Crippen LogP contribution in [0.2, 0.25) is 0 Å². The second-order valence-corrected chi connectivity index (χ2v) is 6.50. The van der Waals surface area contributed by atoms with E-state index in [2.05, 4.69) is 26.0 Å². The fourth-order valence-electron chi connectivity index (χ4n) is 2.51. The predicted molar refractivity (Wildman–Crippen MR) is 80.1 cm³/mol. The fraction of sp³-hybridized carbons (Fsp3) is 0.533. The summed E-state index contributed by atoms with van der Waals surface area (Å²) in [7, 11) is 0. The number of halogens is 3. The molecule has 1 N–H and O–H groups in total. The summed E-state index contributed by atoms with van der Waals surface area (Å²) in [6.07, 6.45) is 4.33. The van der Waals surface area contributed by atoms with Gasteiger partial charge in [0.15, 0.2) is 0 Å². The van der Waals surface area contributed by atoms with Crippen LogP contribution < -0.4 is 10.1 Å². The molecule has 0 aliphatic heterocycles. The summed E-state index contributed by atoms with van der Waals surface area (Å²) in [4.78, 5) is 12.7. The summed E-state index contributed by atoms with van der Waals surface area (Å²) >= 11 is 3.59. The lowest BCUT2D eigenvalue weighted by Gasteiger charge is -2.25. The Morgan fingerprint density at radius 1 is 1.29 bits per heavy atom. The van der Waals surface area contributed by atoms with Crippen LogP contribution in [0.3, 0.4) is 0 Å². The average Bonchev–Trinajstić information content (AvgIpc) is 2.46. The highest BCUT2D eigenvalue weighted by Gasteiger charge is 2.21. The van der Waals surface area contributed by atoms with Crippen molar-refractivity contribution < 1.29 is 18.3 Å². The number of amides is 1. The topological polar surface area (TPSA) is 38.3 Å². The van der Waals surface area contributed by atoms with Crippen LogP contribution in [0, 0.1) is 5.92 Å². The minimum Gasteiger partial charge on any atom is -0.434 e. The summed E-state index contributed by atoms with van der Waals surface area (Å²) in [5.74, 6) is -0.00712. The number of hydrogen-bond donors (Lipinski definition) is 1. The lowest BCUT2D eigenvalue weighted by Crippen LogP contribution is -2.31. The van der Waals surface area contributed by atoms with Crippen molar-refractivity contribution in [2.24, 2.45) is 5.92 Å². The van der Waals surface area contributed by atoms with Gasteiger partial charge >= 0.3 is 6.61 Å². The molecule has 1 aliphatic carbocycles. The second-order valence-electron chi connectivity index (χ2n) is 5.20. The molecule has 1 amide bonds. The predicted octanol–water partition coefficient (Wildman–Crippen LogP) is 3.97. The maximum Gasteiger partial charge on any atom is 0.387 e. The van der Waals surface area contributed by atoms with Crippen LogP contribution in [0.15, 0.2) is 24.3 Å². The van der Waals surface area contributed by atoms with E-state index in [-0.39, 0.29) is 17.2 Å². The maximum absolute atomic E-state index is 12.3. The van der Waals surface area contributed by atoms with Crippen LogP contribution in [0.5, 0.6) is 5.75 Å². The van der Waals surface area contributed by atoms with Gasteiger partial charge in [0.05, 0.1) is 5.56 Å². The molecule has 2 rings (SSSR count). The highest BCUT2D eigenvalue weighted by molar-refractivity contribution is 9.09. The molecule has 1 aromatic carbocycles. The minimum absolute atomic E-state index is 0.0887. The second kappa shape index (κ2) is 7.73. The number of rotatable bonds is 5. The molecule has 1 aromatic rings. The van der Waals surface area contributed by atoms with Crippen molar-refractivity contribution >= 4 is 21.8 Å². The molecule has 0 atom stereocenters. The first kappa shape index (κ1) is 16.2. The van der Waals surface area contributed by atoms with Gasteiger partial charge in [-0.3, -0.25) is 4.79 Å². The normalized spacial score (nSPS) is 22.1. The summed E-state index contributed by atoms with van der Waals surface area (Å²) in [6, 6.07) is 6.05. The van der Waals surface area contributed by atoms with Gasteiger partial charge in [-0.1, -0.05) is 28.1 Å². The number of benzene rings is 1. The monoisotopic (exact) mass is 361 g/mol. The van der Waals surface area contributed by atoms with Gasteiger partial charge < -0.3 is 10.1 Å². The number of alkyl halides is 3. The molecule has 0 bridgehead atoms. The summed E-state index contributed by atoms with van der Waals surface area (Å²) in [6.45, 7) is -2.37. The lowest BCUT2D eigenvalue weighted by molar-refractivity contribution is -0.0501. The summed E-state index contributed by atoms with van der Waals surface area (Å²) < 4.78 is 29.0. The molecule has 3 nitrogen and oxygen atoms in total. The molecule has 6 heteroatoms. The van der Waals surface area contributed by atoms with E-state index in [0.29, 0.717) is 17.3 Å². The van der Waals surface area contributed by atoms with E-state index in [1.165, 1.54) is 12.1 Å². The molecule has 1 saturated carbocycles. The third kappa shape index (κ3) is 4.95. The zero-order valence-electron chi connectivity index (χ0n) is 11.5. The first-order chi connectivity index (χ1) is 10.1. The van der Waals surface area contributed by atoms with Gasteiger partial charge in [0.25, 0.3) is 5.91 Å². The number of hydrogen-bond acceptors (Lipinski definition) is 2. The molecule has 0 unspecified atom stereocenters. The van der Waals surface area contributed by atoms with E-state index < -0.39 is 6.61 Å². The minimum atomic E-state index is -2.94. The molecule has 21 heavy (non-hydrogen) atoms. The van der Waals surface area contributed by atoms with E-state index in [4.69, 9.17) is 0 Å². The third-order valence-corrected chi connectivity index (χ3v) is 4.59. The van der Waals surface area contributed by atoms with Gasteiger partial charge in [0.1, 0.15) is 5.75 Å². The van der Waals surface area contributed by atoms with Crippen molar-refractivity contribution in [2.75, 3.05) is 6.54 Å². The van der Waals surface area contributed by atoms with Gasteiger partial charge in [-0.05, 0) is 43.7 Å². The smallest absolute Gasteiger partial charge is 0.387 e. The van der Waals surface area contributed by atoms with Crippen molar-refractivity contribution in [1.82, 2.24) is 5.32 Å². The Morgan fingerprint density at radius 2 is 1.95 bits per heavy atom. The largest absolute Gasteiger partial charge is 0.434 e. The Bertz CT molecular complexity index is 476. The molecule has 1 fully saturated rings. The Kier molecular flexibility index (Phi) is 5.96. The fourth-order valence-corrected chi connectivity index (χ4v) is 3.04. The number of ether oxygens (including phenoxy) is 1. The van der Waals surface area contributed by atoms with Gasteiger partial charge in [-0.2, -0.15) is 8.78 Å². The SMILES string of the molecule is O=C(NCC1CCC(Br)CC1)c1ccccc1OC(F)F. The van der Waals surface area contributed by atoms with Gasteiger partial charge in [0, 0.05) is 11.4 Å². The number of nitrogens with one attached hydrogen (secondary N) is 1. The zero-order chi connectivity index (χ0) is 15.2. The first-order valence-electron chi connectivity index (χ1n) is 7.02. The van der Waals surface area contributed by atoms with Crippen LogP contribution >= 0.6 is 15.9 Å². The Balaban J connectivity index is 1.91. The van der Waals surface area contributed by atoms with E-state index in [1.807, 2.05) is 0 Å². The Hall–Kier alpha value is -1.17. The van der Waals surface area contributed by atoms with E-state index in [0.717, 1.165) is 25.7 Å². The highest BCUT2D eigenvalue weighted by atomic mass is 79.9. The van der Waals surface area contributed by atoms with Crippen molar-refractivity contribution in [3.63, 3.8) is 0 Å². The van der Waals surface area contributed by atoms with Crippen molar-refractivity contribution in [1.29, 1.82) is 0 Å². The van der Waals surface area contributed by atoms with Gasteiger partial charge in [-0.25, -0.2) is 0 Å². The van der Waals surface area contributed by atoms with Crippen LogP contribution in [0.4, 0.5) is 8.78 Å². The molecule has 0 saturated heterocycles. The molecule has 0 radical (unpaired) electrons. The number of para-hydroxylation sites is 1. The van der Waals surface area contributed by atoms with Gasteiger partial charge in [-0.15, -0.1) is 0 Å². The van der Waals surface area contributed by atoms with Crippen LogP contribution in [0.25, 0.3) is 0 Å². The van der Waals surface area contributed by atoms with Crippen molar-refractivity contribution in [2.45, 2.75) is 37.1 Å². The maximum atomic E-state index is 12.3. The Morgan fingerprint density at radius 3 is 2.62 bits per heavy atom. The Labute approximate surface area is 131 Å². The molecular formula is C15H18BrF2NO2. The van der Waals surface area contributed by atoms with Crippen molar-refractivity contribution in [3.8, 4) is 5.75 Å². The zero-order valence-corrected chi connectivity index (χ0v) is 13.1. The molecule has 0 spiro atoms. The summed E-state index contributed by atoms with van der Waals surface area (Å²) in [5.41, 5.74) is 0.145. The standard InChI is InChI=1S/C15H18BrF2NO2/c16-11-7-5-10(6-8-11)9-19-14(20)12-3-1-2-4-13(12)21-15(17)18/h1-4,10-11,15H,5-9H2,(H,19,20). The molecule has 1 aliphatic rings. The highest BCUT2D eigenvalue weighted by Crippen LogP contribution is 2.28. The molecule has 0 heterocycles. The third-order valence-electron chi connectivity index (χ3n) is 3.68. The lowest BCUT2D eigenvalue weighted by atomic mass is 9.89. The van der Waals surface area contributed by atoms with E-state index in [9.17, 15) is 13.6 Å². The number of carbonyl (C=O) groups is 1. The number of carbonyl (C=O) groups excluding carboxylic acids is 1. The van der Waals surface area contributed by atoms with E-state index >= 15 is 0 Å². The van der Waals surface area contributed by atoms with E-state index in [1.54, 1.807) is 12.1 Å². The van der Waals surface area contributed by atoms with Crippen LogP contribution in [0.1, 0.15) is 36.0 Å². The molecule has 116 valence electrons. The van der Waals surface area contributed by atoms with Crippen molar-refractivity contribution in [3.05, 3.63) is 29.8 Å². The van der Waals surface area contributed by atoms with Gasteiger partial charge in [0.2, 0.25) is 0 Å². The van der Waals surface area contributed by atoms with Crippen LogP contribution in [-0.4, -0.2) is 23.9 Å². The molecule has 0 aromatic heterocycles. The molecular weight excluding hydrogens is 344 g/mol. The quantitative estimate of drug-likeness (QED) is 0.805. The summed E-state index contributed by atoms with van der Waals surface area (Å²) in [5, 5.41) is 2.82. The average molecular weight is 362 g/mol.